The standard InChI is InChI=1S/C17H16N4O4S/c1-21-15-9-13(6-7-16(15)25-17(21)22)12-4-2-11(3-5-12)8-14(10-18)20-26(19,23)24/h2-7,9,14,20H,8H2,1H3,(H2,19,23,24). The summed E-state index contributed by atoms with van der Waals surface area (Å²) in [6.07, 6.45) is 0.197. The van der Waals surface area contributed by atoms with Gasteiger partial charge in [0.2, 0.25) is 0 Å². The monoisotopic (exact) mass is 372 g/mol. The van der Waals surface area contributed by atoms with Gasteiger partial charge in [-0.1, -0.05) is 30.3 Å². The summed E-state index contributed by atoms with van der Waals surface area (Å²) in [5.41, 5.74) is 3.81. The van der Waals surface area contributed by atoms with Crippen LogP contribution in [0.4, 0.5) is 0 Å². The van der Waals surface area contributed by atoms with Crippen LogP contribution in [0.3, 0.4) is 0 Å². The average Bonchev–Trinajstić information content (AvgIpc) is 2.88. The lowest BCUT2D eigenvalue weighted by Crippen LogP contribution is -2.39. The van der Waals surface area contributed by atoms with E-state index in [1.54, 1.807) is 13.1 Å². The zero-order valence-corrected chi connectivity index (χ0v) is 14.7. The Morgan fingerprint density at radius 1 is 1.23 bits per heavy atom. The number of aryl methyl sites for hydroxylation is 1. The van der Waals surface area contributed by atoms with Crippen molar-refractivity contribution in [3.8, 4) is 17.2 Å². The molecule has 3 rings (SSSR count). The van der Waals surface area contributed by atoms with E-state index in [1.165, 1.54) is 4.57 Å². The number of oxazole rings is 1. The van der Waals surface area contributed by atoms with E-state index in [4.69, 9.17) is 14.8 Å². The van der Waals surface area contributed by atoms with E-state index in [0.29, 0.717) is 11.1 Å². The number of benzene rings is 2. The van der Waals surface area contributed by atoms with Crippen molar-refractivity contribution in [2.75, 3.05) is 0 Å². The summed E-state index contributed by atoms with van der Waals surface area (Å²) in [4.78, 5) is 11.6. The van der Waals surface area contributed by atoms with Gasteiger partial charge in [-0.15, -0.1) is 0 Å². The van der Waals surface area contributed by atoms with Crippen LogP contribution in [0.5, 0.6) is 0 Å². The van der Waals surface area contributed by atoms with E-state index in [1.807, 2.05) is 42.5 Å². The van der Waals surface area contributed by atoms with Crippen molar-refractivity contribution >= 4 is 21.3 Å². The van der Waals surface area contributed by atoms with Crippen molar-refractivity contribution in [1.82, 2.24) is 9.29 Å². The zero-order valence-electron chi connectivity index (χ0n) is 13.8. The summed E-state index contributed by atoms with van der Waals surface area (Å²) in [7, 11) is -2.30. The Morgan fingerprint density at radius 3 is 2.50 bits per heavy atom. The van der Waals surface area contributed by atoms with Crippen LogP contribution in [0.1, 0.15) is 5.56 Å². The lowest BCUT2D eigenvalue weighted by molar-refractivity contribution is 0.528. The largest absolute Gasteiger partial charge is 0.419 e. The molecule has 0 amide bonds. The topological polar surface area (TPSA) is 131 Å². The molecule has 1 unspecified atom stereocenters. The number of hydrogen-bond donors (Lipinski definition) is 2. The van der Waals surface area contributed by atoms with Gasteiger partial charge < -0.3 is 4.42 Å². The molecule has 3 aromatic rings. The van der Waals surface area contributed by atoms with Crippen LogP contribution in [-0.2, 0) is 23.7 Å². The highest BCUT2D eigenvalue weighted by atomic mass is 32.2. The first-order chi connectivity index (χ1) is 12.3. The Bertz CT molecular complexity index is 1150. The van der Waals surface area contributed by atoms with Gasteiger partial charge in [0.1, 0.15) is 6.04 Å². The number of hydrogen-bond acceptors (Lipinski definition) is 5. The highest BCUT2D eigenvalue weighted by Gasteiger charge is 2.14. The molecule has 0 fully saturated rings. The summed E-state index contributed by atoms with van der Waals surface area (Å²) in [6, 6.07) is 13.7. The third-order valence-electron chi connectivity index (χ3n) is 3.98. The Kier molecular flexibility index (Phi) is 4.65. The molecule has 0 aliphatic rings. The number of rotatable bonds is 5. The molecule has 1 aromatic heterocycles. The van der Waals surface area contributed by atoms with E-state index < -0.39 is 22.0 Å². The summed E-state index contributed by atoms with van der Waals surface area (Å²) in [5, 5.41) is 13.9. The summed E-state index contributed by atoms with van der Waals surface area (Å²) in [5.74, 6) is -0.419. The minimum absolute atomic E-state index is 0.197. The van der Waals surface area contributed by atoms with Crippen LogP contribution in [0.15, 0.2) is 51.7 Å². The summed E-state index contributed by atoms with van der Waals surface area (Å²) < 4.78 is 30.7. The molecule has 0 aliphatic heterocycles. The first kappa shape index (κ1) is 17.9. The smallest absolute Gasteiger partial charge is 0.408 e. The maximum atomic E-state index is 11.6. The molecule has 9 heteroatoms. The van der Waals surface area contributed by atoms with Gasteiger partial charge in [-0.25, -0.2) is 9.93 Å². The third kappa shape index (κ3) is 3.83. The molecule has 8 nitrogen and oxygen atoms in total. The van der Waals surface area contributed by atoms with Gasteiger partial charge in [0.05, 0.1) is 11.6 Å². The Morgan fingerprint density at radius 2 is 1.88 bits per heavy atom. The SMILES string of the molecule is Cn1c(=O)oc2ccc(-c3ccc(CC(C#N)NS(N)(=O)=O)cc3)cc21. The van der Waals surface area contributed by atoms with Crippen LogP contribution < -0.4 is 15.6 Å². The molecule has 0 spiro atoms. The fraction of sp³-hybridized carbons (Fsp3) is 0.176. The van der Waals surface area contributed by atoms with Crippen molar-refractivity contribution in [1.29, 1.82) is 5.26 Å². The van der Waals surface area contributed by atoms with Gasteiger partial charge in [-0.05, 0) is 28.8 Å². The van der Waals surface area contributed by atoms with E-state index in [9.17, 15) is 13.2 Å². The Hall–Kier alpha value is -2.93. The van der Waals surface area contributed by atoms with Gasteiger partial charge in [-0.3, -0.25) is 4.57 Å². The van der Waals surface area contributed by atoms with Crippen LogP contribution >= 0.6 is 0 Å². The normalized spacial score (nSPS) is 12.8. The zero-order chi connectivity index (χ0) is 18.9. The molecule has 2 aromatic carbocycles. The van der Waals surface area contributed by atoms with Gasteiger partial charge in [0.15, 0.2) is 5.58 Å². The fourth-order valence-corrected chi connectivity index (χ4v) is 3.22. The molecule has 134 valence electrons. The predicted octanol–water partition coefficient (Wildman–Crippen LogP) is 1.03. The fourth-order valence-electron chi connectivity index (χ4n) is 2.69. The van der Waals surface area contributed by atoms with Crippen molar-refractivity contribution < 1.29 is 12.8 Å². The maximum absolute atomic E-state index is 11.6. The highest BCUT2D eigenvalue weighted by Crippen LogP contribution is 2.24. The van der Waals surface area contributed by atoms with Crippen LogP contribution in [0, 0.1) is 11.3 Å². The van der Waals surface area contributed by atoms with E-state index in [-0.39, 0.29) is 6.42 Å². The molecule has 1 atom stereocenters. The van der Waals surface area contributed by atoms with Crippen molar-refractivity contribution in [2.24, 2.45) is 12.2 Å². The van der Waals surface area contributed by atoms with Crippen LogP contribution in [-0.4, -0.2) is 19.0 Å². The third-order valence-corrected chi connectivity index (χ3v) is 4.59. The second kappa shape index (κ2) is 6.76. The Labute approximate surface area is 149 Å². The molecule has 26 heavy (non-hydrogen) atoms. The predicted molar refractivity (Wildman–Crippen MR) is 96.2 cm³/mol. The van der Waals surface area contributed by atoms with Crippen molar-refractivity contribution in [3.63, 3.8) is 0 Å². The number of aromatic nitrogens is 1. The minimum atomic E-state index is -3.94. The van der Waals surface area contributed by atoms with Gasteiger partial charge in [0.25, 0.3) is 10.2 Å². The lowest BCUT2D eigenvalue weighted by Gasteiger charge is -2.10. The molecule has 0 saturated heterocycles. The molecule has 0 saturated carbocycles. The lowest BCUT2D eigenvalue weighted by atomic mass is 10.0. The number of nitrogens with zero attached hydrogens (tertiary/aromatic N) is 2. The molecule has 3 N–H and O–H groups in total. The molecule has 0 radical (unpaired) electrons. The van der Waals surface area contributed by atoms with Gasteiger partial charge >= 0.3 is 5.76 Å². The summed E-state index contributed by atoms with van der Waals surface area (Å²) >= 11 is 0. The quantitative estimate of drug-likeness (QED) is 0.690. The first-order valence-electron chi connectivity index (χ1n) is 7.65. The molecular weight excluding hydrogens is 356 g/mol. The number of nitrogens with two attached hydrogens (primary N) is 1. The van der Waals surface area contributed by atoms with E-state index in [0.717, 1.165) is 16.7 Å². The number of fused-ring (bicyclic) bond motifs is 1. The molecular formula is C17H16N4O4S. The minimum Gasteiger partial charge on any atom is -0.408 e. The van der Waals surface area contributed by atoms with Crippen LogP contribution in [0.2, 0.25) is 0 Å². The second-order valence-electron chi connectivity index (χ2n) is 5.86. The highest BCUT2D eigenvalue weighted by molar-refractivity contribution is 7.87. The Balaban J connectivity index is 1.84. The average molecular weight is 372 g/mol. The summed E-state index contributed by atoms with van der Waals surface area (Å²) in [6.45, 7) is 0. The van der Waals surface area contributed by atoms with Crippen molar-refractivity contribution in [3.05, 3.63) is 58.6 Å². The van der Waals surface area contributed by atoms with Gasteiger partial charge in [0, 0.05) is 13.5 Å². The van der Waals surface area contributed by atoms with Gasteiger partial charge in [-0.2, -0.15) is 18.4 Å². The maximum Gasteiger partial charge on any atom is 0.419 e. The van der Waals surface area contributed by atoms with E-state index >= 15 is 0 Å². The molecule has 0 aliphatic carbocycles. The van der Waals surface area contributed by atoms with Crippen molar-refractivity contribution in [2.45, 2.75) is 12.5 Å². The van der Waals surface area contributed by atoms with E-state index in [2.05, 4.69) is 4.72 Å². The van der Waals surface area contributed by atoms with Crippen LogP contribution in [0.25, 0.3) is 22.2 Å². The molecule has 1 heterocycles. The number of nitriles is 1. The first-order valence-corrected chi connectivity index (χ1v) is 9.20. The molecule has 0 bridgehead atoms. The second-order valence-corrected chi connectivity index (χ2v) is 7.18. The number of nitrogens with one attached hydrogen (secondary N) is 1.